The Morgan fingerprint density at radius 3 is 2.94 bits per heavy atom. The Labute approximate surface area is 105 Å². The Bertz CT molecular complexity index is 491. The molecule has 17 heavy (non-hydrogen) atoms. The monoisotopic (exact) mass is 248 g/mol. The first-order valence-corrected chi connectivity index (χ1v) is 6.83. The van der Waals surface area contributed by atoms with Crippen molar-refractivity contribution in [2.24, 2.45) is 0 Å². The van der Waals surface area contributed by atoms with Crippen LogP contribution in [0, 0.1) is 0 Å². The Balaban J connectivity index is 1.68. The summed E-state index contributed by atoms with van der Waals surface area (Å²) in [6.07, 6.45) is 0. The van der Waals surface area contributed by atoms with E-state index < -0.39 is 0 Å². The summed E-state index contributed by atoms with van der Waals surface area (Å²) >= 11 is 1.82. The number of fused-ring (bicyclic) bond motifs is 1. The summed E-state index contributed by atoms with van der Waals surface area (Å²) in [6.45, 7) is 4.52. The van der Waals surface area contributed by atoms with Gasteiger partial charge in [-0.25, -0.2) is 5.01 Å². The molecule has 90 valence electrons. The zero-order chi connectivity index (χ0) is 11.5. The van der Waals surface area contributed by atoms with Crippen LogP contribution in [-0.4, -0.2) is 31.3 Å². The molecule has 1 N–H and O–H groups in total. The first kappa shape index (κ1) is 11.2. The van der Waals surface area contributed by atoms with Crippen molar-refractivity contribution < 1.29 is 4.74 Å². The van der Waals surface area contributed by atoms with Crippen LogP contribution in [0.5, 0.6) is 0 Å². The number of nitrogens with zero attached hydrogens (tertiary/aromatic N) is 1. The van der Waals surface area contributed by atoms with Crippen LogP contribution in [0.2, 0.25) is 0 Å². The molecule has 0 atom stereocenters. The van der Waals surface area contributed by atoms with E-state index in [0.29, 0.717) is 0 Å². The average Bonchev–Trinajstić information content (AvgIpc) is 2.81. The number of morpholine rings is 1. The van der Waals surface area contributed by atoms with Crippen molar-refractivity contribution in [1.82, 2.24) is 10.4 Å². The minimum Gasteiger partial charge on any atom is -0.379 e. The van der Waals surface area contributed by atoms with E-state index in [2.05, 4.69) is 40.1 Å². The van der Waals surface area contributed by atoms with Gasteiger partial charge < -0.3 is 4.74 Å². The highest BCUT2D eigenvalue weighted by atomic mass is 32.1. The highest BCUT2D eigenvalue weighted by Crippen LogP contribution is 2.25. The maximum Gasteiger partial charge on any atom is 0.0608 e. The lowest BCUT2D eigenvalue weighted by molar-refractivity contribution is 0.0106. The molecule has 1 aromatic heterocycles. The van der Waals surface area contributed by atoms with Gasteiger partial charge in [0.1, 0.15) is 0 Å². The van der Waals surface area contributed by atoms with Gasteiger partial charge in [-0.3, -0.25) is 5.43 Å². The highest BCUT2D eigenvalue weighted by Gasteiger charge is 2.10. The lowest BCUT2D eigenvalue weighted by Crippen LogP contribution is -2.45. The summed E-state index contributed by atoms with van der Waals surface area (Å²) in [7, 11) is 0. The Hall–Kier alpha value is -0.940. The number of thiophene rings is 1. The van der Waals surface area contributed by atoms with E-state index >= 15 is 0 Å². The number of nitrogens with one attached hydrogen (secondary N) is 1. The van der Waals surface area contributed by atoms with Gasteiger partial charge >= 0.3 is 0 Å². The van der Waals surface area contributed by atoms with Crippen molar-refractivity contribution in [3.63, 3.8) is 0 Å². The fourth-order valence-corrected chi connectivity index (χ4v) is 3.05. The lowest BCUT2D eigenvalue weighted by Gasteiger charge is -2.27. The van der Waals surface area contributed by atoms with Gasteiger partial charge in [0.25, 0.3) is 0 Å². The number of hydrogen-bond acceptors (Lipinski definition) is 4. The van der Waals surface area contributed by atoms with E-state index in [1.54, 1.807) is 0 Å². The number of hydrogen-bond donors (Lipinski definition) is 1. The molecular weight excluding hydrogens is 232 g/mol. The fraction of sp³-hybridized carbons (Fsp3) is 0.385. The smallest absolute Gasteiger partial charge is 0.0608 e. The molecule has 0 bridgehead atoms. The van der Waals surface area contributed by atoms with Gasteiger partial charge in [-0.1, -0.05) is 18.2 Å². The van der Waals surface area contributed by atoms with Crippen LogP contribution in [0.3, 0.4) is 0 Å². The molecule has 3 rings (SSSR count). The van der Waals surface area contributed by atoms with Crippen LogP contribution in [-0.2, 0) is 11.3 Å². The normalized spacial score (nSPS) is 17.6. The lowest BCUT2D eigenvalue weighted by atomic mass is 10.2. The molecule has 0 saturated carbocycles. The predicted molar refractivity (Wildman–Crippen MR) is 71.1 cm³/mol. The summed E-state index contributed by atoms with van der Waals surface area (Å²) in [5.41, 5.74) is 4.86. The Kier molecular flexibility index (Phi) is 3.38. The van der Waals surface area contributed by atoms with Crippen LogP contribution in [0.15, 0.2) is 29.6 Å². The third-order valence-corrected chi connectivity index (χ3v) is 4.08. The van der Waals surface area contributed by atoms with Crippen molar-refractivity contribution in [3.05, 3.63) is 35.2 Å². The Morgan fingerprint density at radius 1 is 1.24 bits per heavy atom. The number of hydrazine groups is 1. The number of rotatable bonds is 3. The molecule has 0 radical (unpaired) electrons. The fourth-order valence-electron chi connectivity index (χ4n) is 2.09. The molecule has 1 aromatic carbocycles. The first-order chi connectivity index (χ1) is 8.43. The van der Waals surface area contributed by atoms with Crippen molar-refractivity contribution >= 4 is 21.4 Å². The molecule has 4 heteroatoms. The first-order valence-electron chi connectivity index (χ1n) is 5.95. The van der Waals surface area contributed by atoms with Crippen molar-refractivity contribution in [3.8, 4) is 0 Å². The maximum absolute atomic E-state index is 5.33. The van der Waals surface area contributed by atoms with E-state index in [4.69, 9.17) is 4.74 Å². The molecule has 2 heterocycles. The molecule has 1 fully saturated rings. The van der Waals surface area contributed by atoms with Gasteiger partial charge in [0.05, 0.1) is 13.2 Å². The Morgan fingerprint density at radius 2 is 2.06 bits per heavy atom. The van der Waals surface area contributed by atoms with Gasteiger partial charge in [-0.15, -0.1) is 11.3 Å². The average molecular weight is 248 g/mol. The van der Waals surface area contributed by atoms with Crippen LogP contribution in [0.4, 0.5) is 0 Å². The standard InChI is InChI=1S/C13H16N2OS/c1-2-4-13-12(3-1)11(10-17-13)9-14-15-5-7-16-8-6-15/h1-4,10,14H,5-9H2. The summed E-state index contributed by atoms with van der Waals surface area (Å²) in [5.74, 6) is 0. The van der Waals surface area contributed by atoms with E-state index in [0.717, 1.165) is 32.8 Å². The second-order valence-electron chi connectivity index (χ2n) is 4.19. The van der Waals surface area contributed by atoms with Crippen LogP contribution >= 0.6 is 11.3 Å². The van der Waals surface area contributed by atoms with E-state index in [9.17, 15) is 0 Å². The van der Waals surface area contributed by atoms with Crippen molar-refractivity contribution in [2.45, 2.75) is 6.54 Å². The quantitative estimate of drug-likeness (QED) is 0.901. The van der Waals surface area contributed by atoms with Gasteiger partial charge in [0.15, 0.2) is 0 Å². The maximum atomic E-state index is 5.33. The molecule has 1 aliphatic heterocycles. The van der Waals surface area contributed by atoms with E-state index in [1.807, 2.05) is 11.3 Å². The SMILES string of the molecule is c1ccc2c(CNN3CCOCC3)csc2c1. The molecule has 0 unspecified atom stereocenters. The van der Waals surface area contributed by atoms with Gasteiger partial charge in [0.2, 0.25) is 0 Å². The minimum atomic E-state index is 0.831. The van der Waals surface area contributed by atoms with Crippen molar-refractivity contribution in [2.75, 3.05) is 26.3 Å². The summed E-state index contributed by atoms with van der Waals surface area (Å²) in [6, 6.07) is 8.58. The molecule has 0 amide bonds. The van der Waals surface area contributed by atoms with Crippen LogP contribution in [0.1, 0.15) is 5.56 Å². The van der Waals surface area contributed by atoms with Crippen molar-refractivity contribution in [1.29, 1.82) is 0 Å². The zero-order valence-electron chi connectivity index (χ0n) is 9.69. The molecular formula is C13H16N2OS. The van der Waals surface area contributed by atoms with Crippen LogP contribution < -0.4 is 5.43 Å². The topological polar surface area (TPSA) is 24.5 Å². The largest absolute Gasteiger partial charge is 0.379 e. The highest BCUT2D eigenvalue weighted by molar-refractivity contribution is 7.17. The van der Waals surface area contributed by atoms with E-state index in [-0.39, 0.29) is 0 Å². The number of benzene rings is 1. The molecule has 2 aromatic rings. The van der Waals surface area contributed by atoms with E-state index in [1.165, 1.54) is 15.6 Å². The molecule has 0 aliphatic carbocycles. The van der Waals surface area contributed by atoms with Crippen LogP contribution in [0.25, 0.3) is 10.1 Å². The van der Waals surface area contributed by atoms with Gasteiger partial charge in [0, 0.05) is 24.3 Å². The molecule has 1 saturated heterocycles. The third kappa shape index (κ3) is 2.50. The number of ether oxygens (including phenoxy) is 1. The molecule has 3 nitrogen and oxygen atoms in total. The second kappa shape index (κ2) is 5.14. The summed E-state index contributed by atoms with van der Waals surface area (Å²) in [5, 5.41) is 5.87. The van der Waals surface area contributed by atoms with Gasteiger partial charge in [-0.2, -0.15) is 0 Å². The summed E-state index contributed by atoms with van der Waals surface area (Å²) < 4.78 is 6.69. The van der Waals surface area contributed by atoms with Gasteiger partial charge in [-0.05, 0) is 22.4 Å². The molecule has 0 spiro atoms. The minimum absolute atomic E-state index is 0.831. The summed E-state index contributed by atoms with van der Waals surface area (Å²) in [4.78, 5) is 0. The zero-order valence-corrected chi connectivity index (χ0v) is 10.5. The third-order valence-electron chi connectivity index (χ3n) is 3.07. The molecule has 1 aliphatic rings. The predicted octanol–water partition coefficient (Wildman–Crippen LogP) is 2.24. The second-order valence-corrected chi connectivity index (χ2v) is 5.10.